The summed E-state index contributed by atoms with van der Waals surface area (Å²) in [5.41, 5.74) is 0. The molecule has 1 heterocycles. The molecule has 2 N–H and O–H groups in total. The van der Waals surface area contributed by atoms with E-state index in [4.69, 9.17) is 9.47 Å². The minimum Gasteiger partial charge on any atom is -0.389 e. The molecule has 1 rings (SSSR count). The van der Waals surface area contributed by atoms with Crippen LogP contribution in [0, 0.1) is 0 Å². The Hall–Kier alpha value is 0.190. The van der Waals surface area contributed by atoms with Crippen molar-refractivity contribution in [3.05, 3.63) is 0 Å². The molecule has 2 unspecified atom stereocenters. The summed E-state index contributed by atoms with van der Waals surface area (Å²) in [6.07, 6.45) is 4.12. The van der Waals surface area contributed by atoms with Gasteiger partial charge in [0.1, 0.15) is 0 Å². The summed E-state index contributed by atoms with van der Waals surface area (Å²) < 4.78 is 10.8. The van der Waals surface area contributed by atoms with Crippen molar-refractivity contribution >= 4 is 11.8 Å². The first-order valence-corrected chi connectivity index (χ1v) is 7.29. The van der Waals surface area contributed by atoms with Gasteiger partial charge in [0, 0.05) is 25.4 Å². The minimum atomic E-state index is -0.414. The van der Waals surface area contributed by atoms with Gasteiger partial charge in [-0.05, 0) is 19.1 Å². The van der Waals surface area contributed by atoms with Crippen molar-refractivity contribution in [2.75, 3.05) is 44.9 Å². The molecule has 1 fully saturated rings. The number of thioether (sulfide) groups is 1. The Morgan fingerprint density at radius 2 is 2.50 bits per heavy atom. The standard InChI is InChI=1S/C11H23NO3S/c1-16-6-4-12-7-10(13)8-14-9-11-3-2-5-15-11/h10-13H,2-9H2,1H3. The van der Waals surface area contributed by atoms with Crippen LogP contribution in [0.4, 0.5) is 0 Å². The van der Waals surface area contributed by atoms with E-state index < -0.39 is 6.10 Å². The quantitative estimate of drug-likeness (QED) is 0.583. The molecular formula is C11H23NO3S. The zero-order chi connectivity index (χ0) is 11.6. The van der Waals surface area contributed by atoms with Crippen LogP contribution in [0.25, 0.3) is 0 Å². The molecule has 96 valence electrons. The van der Waals surface area contributed by atoms with Crippen molar-refractivity contribution in [2.45, 2.75) is 25.0 Å². The van der Waals surface area contributed by atoms with Crippen LogP contribution in [0.3, 0.4) is 0 Å². The first kappa shape index (κ1) is 14.3. The molecule has 0 amide bonds. The third kappa shape index (κ3) is 6.70. The van der Waals surface area contributed by atoms with Crippen LogP contribution in [-0.4, -0.2) is 62.2 Å². The summed E-state index contributed by atoms with van der Waals surface area (Å²) >= 11 is 1.80. The van der Waals surface area contributed by atoms with Crippen molar-refractivity contribution in [3.8, 4) is 0 Å². The maximum absolute atomic E-state index is 9.59. The lowest BCUT2D eigenvalue weighted by Gasteiger charge is -2.14. The van der Waals surface area contributed by atoms with Gasteiger partial charge in [0.05, 0.1) is 25.4 Å². The summed E-state index contributed by atoms with van der Waals surface area (Å²) in [5.74, 6) is 1.07. The Labute approximate surface area is 102 Å². The summed E-state index contributed by atoms with van der Waals surface area (Å²) in [4.78, 5) is 0. The monoisotopic (exact) mass is 249 g/mol. The number of hydrogen-bond acceptors (Lipinski definition) is 5. The zero-order valence-electron chi connectivity index (χ0n) is 9.98. The summed E-state index contributed by atoms with van der Waals surface area (Å²) in [6, 6.07) is 0. The summed E-state index contributed by atoms with van der Waals surface area (Å²) in [6.45, 7) is 3.40. The molecule has 16 heavy (non-hydrogen) atoms. The van der Waals surface area contributed by atoms with E-state index in [1.54, 1.807) is 11.8 Å². The molecule has 0 bridgehead atoms. The lowest BCUT2D eigenvalue weighted by atomic mass is 10.2. The summed E-state index contributed by atoms with van der Waals surface area (Å²) in [7, 11) is 0. The van der Waals surface area contributed by atoms with Gasteiger partial charge in [0.15, 0.2) is 0 Å². The number of aliphatic hydroxyl groups is 1. The smallest absolute Gasteiger partial charge is 0.0897 e. The number of rotatable bonds is 9. The fourth-order valence-electron chi connectivity index (χ4n) is 1.61. The molecule has 0 aromatic carbocycles. The van der Waals surface area contributed by atoms with Crippen molar-refractivity contribution in [2.24, 2.45) is 0 Å². The Morgan fingerprint density at radius 3 is 3.19 bits per heavy atom. The van der Waals surface area contributed by atoms with Gasteiger partial charge in [0.2, 0.25) is 0 Å². The van der Waals surface area contributed by atoms with E-state index in [1.807, 2.05) is 0 Å². The predicted octanol–water partition coefficient (Wildman–Crippen LogP) is 0.495. The van der Waals surface area contributed by atoms with Crippen LogP contribution in [0.1, 0.15) is 12.8 Å². The lowest BCUT2D eigenvalue weighted by Crippen LogP contribution is -2.32. The SMILES string of the molecule is CSCCNCC(O)COCC1CCCO1. The number of ether oxygens (including phenoxy) is 2. The third-order valence-electron chi connectivity index (χ3n) is 2.50. The van der Waals surface area contributed by atoms with Gasteiger partial charge in [-0.1, -0.05) is 0 Å². The molecule has 0 aliphatic carbocycles. The maximum atomic E-state index is 9.59. The van der Waals surface area contributed by atoms with Gasteiger partial charge in [-0.25, -0.2) is 0 Å². The van der Waals surface area contributed by atoms with Crippen molar-refractivity contribution < 1.29 is 14.6 Å². The van der Waals surface area contributed by atoms with Gasteiger partial charge in [0.25, 0.3) is 0 Å². The molecule has 0 radical (unpaired) electrons. The van der Waals surface area contributed by atoms with Gasteiger partial charge in [-0.15, -0.1) is 0 Å². The van der Waals surface area contributed by atoms with Gasteiger partial charge < -0.3 is 19.9 Å². The molecule has 2 atom stereocenters. The maximum Gasteiger partial charge on any atom is 0.0897 e. The van der Waals surface area contributed by atoms with Crippen LogP contribution in [0.15, 0.2) is 0 Å². The van der Waals surface area contributed by atoms with E-state index in [9.17, 15) is 5.11 Å². The van der Waals surface area contributed by atoms with Crippen molar-refractivity contribution in [3.63, 3.8) is 0 Å². The van der Waals surface area contributed by atoms with E-state index in [1.165, 1.54) is 0 Å². The van der Waals surface area contributed by atoms with Crippen LogP contribution in [0.5, 0.6) is 0 Å². The number of nitrogens with one attached hydrogen (secondary N) is 1. The topological polar surface area (TPSA) is 50.7 Å². The highest BCUT2D eigenvalue weighted by Gasteiger charge is 2.15. The Kier molecular flexibility index (Phi) is 8.23. The molecule has 0 saturated carbocycles. The second kappa shape index (κ2) is 9.24. The Balaban J connectivity index is 1.87. The predicted molar refractivity (Wildman–Crippen MR) is 67.1 cm³/mol. The van der Waals surface area contributed by atoms with Crippen LogP contribution in [0.2, 0.25) is 0 Å². The van der Waals surface area contributed by atoms with E-state index in [0.29, 0.717) is 19.8 Å². The fraction of sp³-hybridized carbons (Fsp3) is 1.00. The normalized spacial score (nSPS) is 22.5. The van der Waals surface area contributed by atoms with E-state index in [-0.39, 0.29) is 6.10 Å². The molecular weight excluding hydrogens is 226 g/mol. The van der Waals surface area contributed by atoms with Gasteiger partial charge in [-0.3, -0.25) is 0 Å². The highest BCUT2D eigenvalue weighted by molar-refractivity contribution is 7.98. The van der Waals surface area contributed by atoms with Crippen LogP contribution in [-0.2, 0) is 9.47 Å². The average molecular weight is 249 g/mol. The molecule has 0 spiro atoms. The number of hydrogen-bond donors (Lipinski definition) is 2. The van der Waals surface area contributed by atoms with Crippen molar-refractivity contribution in [1.29, 1.82) is 0 Å². The molecule has 1 aliphatic rings. The molecule has 4 nitrogen and oxygen atoms in total. The summed E-state index contributed by atoms with van der Waals surface area (Å²) in [5, 5.41) is 12.8. The van der Waals surface area contributed by atoms with Crippen molar-refractivity contribution in [1.82, 2.24) is 5.32 Å². The van der Waals surface area contributed by atoms with Gasteiger partial charge >= 0.3 is 0 Å². The second-order valence-electron chi connectivity index (χ2n) is 4.02. The van der Waals surface area contributed by atoms with Crippen LogP contribution >= 0.6 is 11.8 Å². The zero-order valence-corrected chi connectivity index (χ0v) is 10.8. The fourth-order valence-corrected chi connectivity index (χ4v) is 1.96. The second-order valence-corrected chi connectivity index (χ2v) is 5.01. The number of aliphatic hydroxyl groups excluding tert-OH is 1. The first-order valence-electron chi connectivity index (χ1n) is 5.90. The van der Waals surface area contributed by atoms with Crippen LogP contribution < -0.4 is 5.32 Å². The minimum absolute atomic E-state index is 0.247. The highest BCUT2D eigenvalue weighted by atomic mass is 32.2. The van der Waals surface area contributed by atoms with Gasteiger partial charge in [-0.2, -0.15) is 11.8 Å². The Bertz CT molecular complexity index is 165. The van der Waals surface area contributed by atoms with E-state index in [2.05, 4.69) is 11.6 Å². The molecule has 5 heteroatoms. The largest absolute Gasteiger partial charge is 0.389 e. The van der Waals surface area contributed by atoms with E-state index >= 15 is 0 Å². The third-order valence-corrected chi connectivity index (χ3v) is 3.11. The average Bonchev–Trinajstić information content (AvgIpc) is 2.77. The Morgan fingerprint density at radius 1 is 1.62 bits per heavy atom. The lowest BCUT2D eigenvalue weighted by molar-refractivity contribution is -0.0162. The molecule has 1 saturated heterocycles. The first-order chi connectivity index (χ1) is 7.83. The molecule has 0 aromatic rings. The van der Waals surface area contributed by atoms with E-state index in [0.717, 1.165) is 31.7 Å². The highest BCUT2D eigenvalue weighted by Crippen LogP contribution is 2.11. The molecule has 1 aliphatic heterocycles. The molecule has 0 aromatic heterocycles.